The fourth-order valence-electron chi connectivity index (χ4n) is 3.79. The lowest BCUT2D eigenvalue weighted by Gasteiger charge is -2.16. The largest absolute Gasteiger partial charge is 0.465 e. The van der Waals surface area contributed by atoms with Crippen molar-refractivity contribution in [2.45, 2.75) is 20.3 Å². The average Bonchev–Trinajstić information content (AvgIpc) is 2.83. The number of aromatic nitrogens is 3. The first-order valence-corrected chi connectivity index (χ1v) is 10.7. The van der Waals surface area contributed by atoms with Gasteiger partial charge >= 0.3 is 11.9 Å². The fourth-order valence-corrected chi connectivity index (χ4v) is 3.79. The standard InChI is InChI=1S/C24H21N3O7/c1-3-33-23(31)17(24(32)34-4-2)13-19(28)26-21(29)15-10-6-5-9-14(15)20-25-18-12-8-7-11-16(18)22(30)27(20)26/h5-12,17H,3-4,13H2,1-2H3. The van der Waals surface area contributed by atoms with E-state index in [2.05, 4.69) is 4.98 Å². The molecule has 4 rings (SSSR count). The highest BCUT2D eigenvalue weighted by molar-refractivity contribution is 6.01. The Hall–Kier alpha value is -4.34. The SMILES string of the molecule is CCOC(=O)C(CC(=O)n1c(=O)c2ccccc2c2nc3ccccc3c(=O)n21)C(=O)OCC. The molecule has 0 spiro atoms. The number of carbonyl (C=O) groups is 3. The van der Waals surface area contributed by atoms with Gasteiger partial charge in [0.15, 0.2) is 11.6 Å². The number of ether oxygens (including phenoxy) is 2. The van der Waals surface area contributed by atoms with Gasteiger partial charge in [-0.05, 0) is 32.0 Å². The van der Waals surface area contributed by atoms with Crippen molar-refractivity contribution >= 4 is 45.2 Å². The lowest BCUT2D eigenvalue weighted by molar-refractivity contribution is -0.161. The van der Waals surface area contributed by atoms with Crippen LogP contribution in [0.5, 0.6) is 0 Å². The lowest BCUT2D eigenvalue weighted by Crippen LogP contribution is -2.41. The highest BCUT2D eigenvalue weighted by Gasteiger charge is 2.34. The highest BCUT2D eigenvalue weighted by Crippen LogP contribution is 2.18. The topological polar surface area (TPSA) is 126 Å². The maximum absolute atomic E-state index is 13.4. The number of nitrogens with zero attached hydrogens (tertiary/aromatic N) is 3. The molecule has 10 nitrogen and oxygen atoms in total. The van der Waals surface area contributed by atoms with Crippen LogP contribution in [-0.2, 0) is 19.1 Å². The van der Waals surface area contributed by atoms with Crippen LogP contribution in [0.15, 0.2) is 58.1 Å². The molecule has 0 aliphatic carbocycles. The second-order valence-corrected chi connectivity index (χ2v) is 7.39. The van der Waals surface area contributed by atoms with Gasteiger partial charge in [-0.2, -0.15) is 9.20 Å². The maximum atomic E-state index is 13.4. The molecule has 2 heterocycles. The van der Waals surface area contributed by atoms with E-state index >= 15 is 0 Å². The van der Waals surface area contributed by atoms with E-state index in [-0.39, 0.29) is 29.6 Å². The zero-order valence-corrected chi connectivity index (χ0v) is 18.5. The number of carbonyl (C=O) groups excluding carboxylic acids is 3. The Kier molecular flexibility index (Phi) is 6.22. The number of rotatable bonds is 6. The van der Waals surface area contributed by atoms with E-state index in [1.807, 2.05) is 0 Å². The van der Waals surface area contributed by atoms with Gasteiger partial charge in [0.1, 0.15) is 0 Å². The summed E-state index contributed by atoms with van der Waals surface area (Å²) in [6.45, 7) is 3.08. The summed E-state index contributed by atoms with van der Waals surface area (Å²) >= 11 is 0. The average molecular weight is 463 g/mol. The van der Waals surface area contributed by atoms with Crippen LogP contribution in [0.2, 0.25) is 0 Å². The van der Waals surface area contributed by atoms with E-state index in [9.17, 15) is 24.0 Å². The molecule has 34 heavy (non-hydrogen) atoms. The molecule has 0 aliphatic rings. The third-order valence-electron chi connectivity index (χ3n) is 5.30. The van der Waals surface area contributed by atoms with Crippen molar-refractivity contribution in [2.24, 2.45) is 5.92 Å². The van der Waals surface area contributed by atoms with Crippen molar-refractivity contribution in [1.29, 1.82) is 0 Å². The zero-order valence-electron chi connectivity index (χ0n) is 18.5. The summed E-state index contributed by atoms with van der Waals surface area (Å²) in [6.07, 6.45) is -0.732. The normalized spacial score (nSPS) is 11.3. The van der Waals surface area contributed by atoms with Gasteiger partial charge in [-0.1, -0.05) is 30.3 Å². The molecule has 4 aromatic rings. The Morgan fingerprint density at radius 1 is 0.824 bits per heavy atom. The second kappa shape index (κ2) is 9.26. The van der Waals surface area contributed by atoms with Crippen molar-refractivity contribution < 1.29 is 23.9 Å². The zero-order chi connectivity index (χ0) is 24.4. The third kappa shape index (κ3) is 3.83. The smallest absolute Gasteiger partial charge is 0.320 e. The summed E-state index contributed by atoms with van der Waals surface area (Å²) in [5, 5.41) is 0.733. The quantitative estimate of drug-likeness (QED) is 0.184. The molecule has 174 valence electrons. The second-order valence-electron chi connectivity index (χ2n) is 7.39. The molecule has 10 heteroatoms. The molecule has 0 aliphatic heterocycles. The molecule has 0 unspecified atom stereocenters. The number of hydrogen-bond donors (Lipinski definition) is 0. The molecule has 0 bridgehead atoms. The van der Waals surface area contributed by atoms with Crippen LogP contribution in [0.25, 0.3) is 27.3 Å². The van der Waals surface area contributed by atoms with E-state index in [4.69, 9.17) is 9.47 Å². The predicted molar refractivity (Wildman–Crippen MR) is 123 cm³/mol. The van der Waals surface area contributed by atoms with Gasteiger partial charge in [0, 0.05) is 5.39 Å². The minimum atomic E-state index is -1.59. The monoisotopic (exact) mass is 463 g/mol. The summed E-state index contributed by atoms with van der Waals surface area (Å²) in [4.78, 5) is 69.5. The minimum Gasteiger partial charge on any atom is -0.465 e. The summed E-state index contributed by atoms with van der Waals surface area (Å²) in [5.41, 5.74) is -0.929. The van der Waals surface area contributed by atoms with Crippen molar-refractivity contribution in [3.8, 4) is 0 Å². The van der Waals surface area contributed by atoms with Gasteiger partial charge < -0.3 is 9.47 Å². The van der Waals surface area contributed by atoms with Crippen molar-refractivity contribution in [2.75, 3.05) is 13.2 Å². The van der Waals surface area contributed by atoms with Crippen molar-refractivity contribution in [3.63, 3.8) is 0 Å². The molecule has 2 aromatic carbocycles. The first kappa shape index (κ1) is 22.8. The fraction of sp³-hybridized carbons (Fsp3) is 0.250. The van der Waals surface area contributed by atoms with E-state index in [0.717, 1.165) is 4.52 Å². The Bertz CT molecular complexity index is 1550. The third-order valence-corrected chi connectivity index (χ3v) is 5.30. The van der Waals surface area contributed by atoms with Gasteiger partial charge in [0.25, 0.3) is 17.0 Å². The molecule has 0 radical (unpaired) electrons. The lowest BCUT2D eigenvalue weighted by atomic mass is 10.1. The van der Waals surface area contributed by atoms with Crippen LogP contribution in [0.4, 0.5) is 0 Å². The summed E-state index contributed by atoms with van der Waals surface area (Å²) in [7, 11) is 0. The van der Waals surface area contributed by atoms with Gasteiger partial charge in [-0.15, -0.1) is 0 Å². The maximum Gasteiger partial charge on any atom is 0.320 e. The summed E-state index contributed by atoms with van der Waals surface area (Å²) < 4.78 is 11.4. The van der Waals surface area contributed by atoms with Crippen molar-refractivity contribution in [3.05, 3.63) is 69.2 Å². The van der Waals surface area contributed by atoms with E-state index in [0.29, 0.717) is 15.6 Å². The number of para-hydroxylation sites is 1. The number of hydrogen-bond acceptors (Lipinski definition) is 8. The van der Waals surface area contributed by atoms with Crippen LogP contribution < -0.4 is 11.1 Å². The Morgan fingerprint density at radius 2 is 1.38 bits per heavy atom. The van der Waals surface area contributed by atoms with Crippen LogP contribution in [0, 0.1) is 5.92 Å². The van der Waals surface area contributed by atoms with Crippen LogP contribution >= 0.6 is 0 Å². The molecule has 0 N–H and O–H groups in total. The molecular weight excluding hydrogens is 442 g/mol. The Balaban J connectivity index is 1.99. The number of fused-ring (bicyclic) bond motifs is 4. The molecule has 2 aromatic heterocycles. The van der Waals surface area contributed by atoms with E-state index in [1.54, 1.807) is 50.2 Å². The minimum absolute atomic E-state index is 0.0167. The predicted octanol–water partition coefficient (Wildman–Crippen LogP) is 1.94. The Morgan fingerprint density at radius 3 is 2.00 bits per heavy atom. The van der Waals surface area contributed by atoms with Crippen LogP contribution in [0.1, 0.15) is 25.1 Å². The summed E-state index contributed by atoms with van der Waals surface area (Å²) in [5.74, 6) is -4.46. The van der Waals surface area contributed by atoms with Crippen LogP contribution in [-0.4, -0.2) is 45.2 Å². The summed E-state index contributed by atoms with van der Waals surface area (Å²) in [6, 6.07) is 13.0. The Labute approximate surface area is 192 Å². The van der Waals surface area contributed by atoms with E-state index in [1.165, 1.54) is 12.1 Å². The molecule has 0 fully saturated rings. The van der Waals surface area contributed by atoms with Gasteiger partial charge in [0.05, 0.1) is 35.9 Å². The first-order valence-electron chi connectivity index (χ1n) is 10.7. The molecule has 0 amide bonds. The van der Waals surface area contributed by atoms with E-state index < -0.39 is 41.3 Å². The van der Waals surface area contributed by atoms with Gasteiger partial charge in [-0.3, -0.25) is 24.0 Å². The first-order chi connectivity index (χ1) is 16.4. The molecular formula is C24H21N3O7. The number of esters is 2. The highest BCUT2D eigenvalue weighted by atomic mass is 16.6. The van der Waals surface area contributed by atoms with Gasteiger partial charge in [0.2, 0.25) is 0 Å². The molecule has 0 atom stereocenters. The van der Waals surface area contributed by atoms with Crippen LogP contribution in [0.3, 0.4) is 0 Å². The number of benzene rings is 2. The molecule has 0 saturated carbocycles. The molecule has 0 saturated heterocycles. The van der Waals surface area contributed by atoms with Crippen molar-refractivity contribution in [1.82, 2.24) is 14.2 Å². The van der Waals surface area contributed by atoms with Gasteiger partial charge in [-0.25, -0.2) is 4.98 Å².